The molecule has 0 aliphatic carbocycles. The van der Waals surface area contributed by atoms with Crippen LogP contribution in [0.5, 0.6) is 0 Å². The second-order valence-electron chi connectivity index (χ2n) is 7.01. The smallest absolute Gasteiger partial charge is 0.0320 e. The molecule has 22 heavy (non-hydrogen) atoms. The van der Waals surface area contributed by atoms with E-state index in [-0.39, 0.29) is 0 Å². The van der Waals surface area contributed by atoms with Gasteiger partial charge in [0.25, 0.3) is 0 Å². The summed E-state index contributed by atoms with van der Waals surface area (Å²) < 4.78 is 0. The van der Waals surface area contributed by atoms with Crippen LogP contribution in [0, 0.1) is 0 Å². The molecule has 0 aromatic rings. The van der Waals surface area contributed by atoms with Crippen molar-refractivity contribution in [3.63, 3.8) is 0 Å². The quantitative estimate of drug-likeness (QED) is 0.186. The van der Waals surface area contributed by atoms with Crippen LogP contribution in [-0.2, 0) is 0 Å². The molecule has 0 saturated heterocycles. The molecule has 0 bridgehead atoms. The highest BCUT2D eigenvalue weighted by molar-refractivity contribution is 5.01. The third-order valence-corrected chi connectivity index (χ3v) is 4.67. The number of unbranched alkanes of at least 4 members (excludes halogenated alkanes) is 12. The standard InChI is InChI=1S/C22H44/c1-4-7-8-9-10-11-12-13-14-15-16-17-18-21-22(19-5-2)20-6-3/h19H,4-18,20-21H2,1-3H3. The third-order valence-electron chi connectivity index (χ3n) is 4.67. The Balaban J connectivity index is 3.21. The van der Waals surface area contributed by atoms with Crippen LogP contribution in [0.4, 0.5) is 0 Å². The topological polar surface area (TPSA) is 0 Å². The molecule has 0 saturated carbocycles. The Kier molecular flexibility index (Phi) is 18.6. The summed E-state index contributed by atoms with van der Waals surface area (Å²) in [6, 6.07) is 0. The van der Waals surface area contributed by atoms with Gasteiger partial charge >= 0.3 is 0 Å². The van der Waals surface area contributed by atoms with Gasteiger partial charge in [0.15, 0.2) is 0 Å². The van der Waals surface area contributed by atoms with Gasteiger partial charge in [-0.2, -0.15) is 0 Å². The summed E-state index contributed by atoms with van der Waals surface area (Å²) in [7, 11) is 0. The molecule has 0 unspecified atom stereocenters. The molecule has 0 aromatic heterocycles. The van der Waals surface area contributed by atoms with Crippen molar-refractivity contribution in [3.8, 4) is 0 Å². The minimum Gasteiger partial charge on any atom is -0.0856 e. The number of hydrogen-bond acceptors (Lipinski definition) is 0. The van der Waals surface area contributed by atoms with E-state index in [0.29, 0.717) is 0 Å². The fourth-order valence-corrected chi connectivity index (χ4v) is 3.31. The normalized spacial score (nSPS) is 12.0. The molecular weight excluding hydrogens is 264 g/mol. The molecule has 0 radical (unpaired) electrons. The van der Waals surface area contributed by atoms with Gasteiger partial charge in [0.05, 0.1) is 0 Å². The van der Waals surface area contributed by atoms with Crippen molar-refractivity contribution in [1.29, 1.82) is 0 Å². The van der Waals surface area contributed by atoms with E-state index in [4.69, 9.17) is 0 Å². The highest BCUT2D eigenvalue weighted by Crippen LogP contribution is 2.17. The predicted molar refractivity (Wildman–Crippen MR) is 104 cm³/mol. The second kappa shape index (κ2) is 18.8. The van der Waals surface area contributed by atoms with Crippen LogP contribution in [0.2, 0.25) is 0 Å². The third kappa shape index (κ3) is 16.1. The molecule has 0 N–H and O–H groups in total. The average Bonchev–Trinajstić information content (AvgIpc) is 2.52. The molecule has 0 atom stereocenters. The number of allylic oxidation sites excluding steroid dienone is 2. The Hall–Kier alpha value is -0.260. The van der Waals surface area contributed by atoms with Crippen molar-refractivity contribution in [1.82, 2.24) is 0 Å². The molecule has 0 aliphatic rings. The van der Waals surface area contributed by atoms with Gasteiger partial charge in [-0.15, -0.1) is 0 Å². The summed E-state index contributed by atoms with van der Waals surface area (Å²) in [5, 5.41) is 0. The lowest BCUT2D eigenvalue weighted by Gasteiger charge is -2.06. The summed E-state index contributed by atoms with van der Waals surface area (Å²) in [4.78, 5) is 0. The van der Waals surface area contributed by atoms with E-state index >= 15 is 0 Å². The van der Waals surface area contributed by atoms with Crippen LogP contribution in [0.3, 0.4) is 0 Å². The molecule has 0 nitrogen and oxygen atoms in total. The van der Waals surface area contributed by atoms with E-state index in [1.54, 1.807) is 5.57 Å². The lowest BCUT2D eigenvalue weighted by molar-refractivity contribution is 0.538. The molecule has 0 amide bonds. The van der Waals surface area contributed by atoms with Crippen molar-refractivity contribution >= 4 is 0 Å². The van der Waals surface area contributed by atoms with Gasteiger partial charge in [0.2, 0.25) is 0 Å². The maximum absolute atomic E-state index is 2.46. The zero-order chi connectivity index (χ0) is 16.3. The van der Waals surface area contributed by atoms with Gasteiger partial charge < -0.3 is 0 Å². The number of rotatable bonds is 17. The SMILES string of the molecule is CCC=C(CCC)CCCCCCCCCCCCCCC. The van der Waals surface area contributed by atoms with Crippen LogP contribution in [0.25, 0.3) is 0 Å². The zero-order valence-electron chi connectivity index (χ0n) is 16.1. The summed E-state index contributed by atoms with van der Waals surface area (Å²) in [6.45, 7) is 6.86. The summed E-state index contributed by atoms with van der Waals surface area (Å²) in [6.07, 6.45) is 26.6. The van der Waals surface area contributed by atoms with Gasteiger partial charge in [-0.05, 0) is 25.7 Å². The Morgan fingerprint density at radius 2 is 0.955 bits per heavy atom. The number of hydrogen-bond donors (Lipinski definition) is 0. The van der Waals surface area contributed by atoms with E-state index in [9.17, 15) is 0 Å². The lowest BCUT2D eigenvalue weighted by Crippen LogP contribution is -1.86. The summed E-state index contributed by atoms with van der Waals surface area (Å²) in [5.41, 5.74) is 1.72. The largest absolute Gasteiger partial charge is 0.0856 e. The minimum absolute atomic E-state index is 1.22. The highest BCUT2D eigenvalue weighted by atomic mass is 14.0. The maximum Gasteiger partial charge on any atom is -0.0320 e. The lowest BCUT2D eigenvalue weighted by atomic mass is 10.0. The van der Waals surface area contributed by atoms with E-state index < -0.39 is 0 Å². The van der Waals surface area contributed by atoms with Gasteiger partial charge in [-0.25, -0.2) is 0 Å². The van der Waals surface area contributed by atoms with Crippen molar-refractivity contribution in [2.45, 2.75) is 130 Å². The molecular formula is C22H44. The second-order valence-corrected chi connectivity index (χ2v) is 7.01. The molecule has 0 rings (SSSR count). The zero-order valence-corrected chi connectivity index (χ0v) is 16.1. The molecule has 132 valence electrons. The Morgan fingerprint density at radius 3 is 1.36 bits per heavy atom. The average molecular weight is 309 g/mol. The van der Waals surface area contributed by atoms with Gasteiger partial charge in [0, 0.05) is 0 Å². The molecule has 0 heterocycles. The van der Waals surface area contributed by atoms with Crippen molar-refractivity contribution in [3.05, 3.63) is 11.6 Å². The molecule has 0 heteroatoms. The Labute approximate surface area is 142 Å². The fourth-order valence-electron chi connectivity index (χ4n) is 3.31. The fraction of sp³-hybridized carbons (Fsp3) is 0.909. The molecule has 0 spiro atoms. The first-order valence-corrected chi connectivity index (χ1v) is 10.5. The van der Waals surface area contributed by atoms with Gasteiger partial charge in [0.1, 0.15) is 0 Å². The van der Waals surface area contributed by atoms with Gasteiger partial charge in [-0.1, -0.05) is 116 Å². The summed E-state index contributed by atoms with van der Waals surface area (Å²) >= 11 is 0. The van der Waals surface area contributed by atoms with Crippen molar-refractivity contribution in [2.75, 3.05) is 0 Å². The first kappa shape index (κ1) is 21.7. The molecule has 0 aromatic carbocycles. The first-order chi connectivity index (χ1) is 10.8. The van der Waals surface area contributed by atoms with E-state index in [1.165, 1.54) is 109 Å². The van der Waals surface area contributed by atoms with Crippen LogP contribution in [0.15, 0.2) is 11.6 Å². The molecule has 0 fully saturated rings. The monoisotopic (exact) mass is 308 g/mol. The highest BCUT2D eigenvalue weighted by Gasteiger charge is 1.97. The van der Waals surface area contributed by atoms with Crippen molar-refractivity contribution in [2.24, 2.45) is 0 Å². The Bertz CT molecular complexity index is 226. The first-order valence-electron chi connectivity index (χ1n) is 10.5. The van der Waals surface area contributed by atoms with E-state index in [1.807, 2.05) is 0 Å². The Morgan fingerprint density at radius 1 is 0.500 bits per heavy atom. The summed E-state index contributed by atoms with van der Waals surface area (Å²) in [5.74, 6) is 0. The predicted octanol–water partition coefficient (Wildman–Crippen LogP) is 8.60. The van der Waals surface area contributed by atoms with Crippen LogP contribution in [-0.4, -0.2) is 0 Å². The van der Waals surface area contributed by atoms with Crippen LogP contribution >= 0.6 is 0 Å². The van der Waals surface area contributed by atoms with Crippen molar-refractivity contribution < 1.29 is 0 Å². The minimum atomic E-state index is 1.22. The molecule has 0 aliphatic heterocycles. The van der Waals surface area contributed by atoms with Crippen LogP contribution in [0.1, 0.15) is 130 Å². The maximum atomic E-state index is 2.46. The van der Waals surface area contributed by atoms with E-state index in [2.05, 4.69) is 26.8 Å². The van der Waals surface area contributed by atoms with Crippen LogP contribution < -0.4 is 0 Å². The van der Waals surface area contributed by atoms with Gasteiger partial charge in [-0.3, -0.25) is 0 Å². The van der Waals surface area contributed by atoms with E-state index in [0.717, 1.165) is 0 Å².